The lowest BCUT2D eigenvalue weighted by Crippen LogP contribution is -2.12. The van der Waals surface area contributed by atoms with E-state index in [0.29, 0.717) is 0 Å². The molecule has 2 heteroatoms. The molecule has 224 valence electrons. The molecule has 10 rings (SSSR count). The maximum Gasteiger partial charge on any atom is 0.137 e. The van der Waals surface area contributed by atoms with Crippen molar-refractivity contribution in [2.75, 3.05) is 4.90 Å². The summed E-state index contributed by atoms with van der Waals surface area (Å²) in [7, 11) is 0. The van der Waals surface area contributed by atoms with Crippen LogP contribution in [0.2, 0.25) is 0 Å². The van der Waals surface area contributed by atoms with Crippen LogP contribution in [0.4, 0.5) is 17.1 Å². The van der Waals surface area contributed by atoms with Gasteiger partial charge in [-0.3, -0.25) is 0 Å². The first-order chi connectivity index (χ1) is 23.8. The topological polar surface area (TPSA) is 16.4 Å². The van der Waals surface area contributed by atoms with Gasteiger partial charge < -0.3 is 9.32 Å². The molecule has 0 fully saturated rings. The van der Waals surface area contributed by atoms with Gasteiger partial charge in [-0.25, -0.2) is 0 Å². The van der Waals surface area contributed by atoms with Gasteiger partial charge in [0.25, 0.3) is 0 Å². The second kappa shape index (κ2) is 10.6. The van der Waals surface area contributed by atoms with Gasteiger partial charge in [0.05, 0.1) is 11.4 Å². The minimum Gasteiger partial charge on any atom is -0.456 e. The fourth-order valence-corrected chi connectivity index (χ4v) is 7.65. The number of rotatable bonds is 4. The Balaban J connectivity index is 1.32. The van der Waals surface area contributed by atoms with Crippen LogP contribution in [0.25, 0.3) is 76.2 Å². The number of nitrogens with zero attached hydrogens (tertiary/aromatic N) is 1. The van der Waals surface area contributed by atoms with Gasteiger partial charge in [-0.2, -0.15) is 0 Å². The third kappa shape index (κ3) is 4.06. The largest absolute Gasteiger partial charge is 0.456 e. The van der Waals surface area contributed by atoms with Crippen molar-refractivity contribution in [1.82, 2.24) is 0 Å². The van der Waals surface area contributed by atoms with Crippen LogP contribution < -0.4 is 4.90 Å². The van der Waals surface area contributed by atoms with Crippen molar-refractivity contribution in [3.8, 4) is 11.1 Å². The number of hydrogen-bond acceptors (Lipinski definition) is 2. The average molecular weight is 612 g/mol. The van der Waals surface area contributed by atoms with Crippen molar-refractivity contribution in [3.05, 3.63) is 176 Å². The van der Waals surface area contributed by atoms with E-state index in [0.717, 1.165) is 44.6 Å². The summed E-state index contributed by atoms with van der Waals surface area (Å²) in [6.07, 6.45) is 0. The molecule has 48 heavy (non-hydrogen) atoms. The lowest BCUT2D eigenvalue weighted by Gasteiger charge is -2.30. The normalized spacial score (nSPS) is 11.8. The Bertz CT molecular complexity index is 2830. The summed E-state index contributed by atoms with van der Waals surface area (Å²) in [6.45, 7) is 0. The molecular formula is C46H29NO. The SMILES string of the molecule is c1ccc(-c2ccccc2N(c2ccc3c(c2)oc2ccc4ccccc4c23)c2cc3ccccc3c3c2ccc2ccccc23)cc1. The molecule has 0 amide bonds. The molecule has 0 bridgehead atoms. The molecule has 0 aliphatic rings. The van der Waals surface area contributed by atoms with Gasteiger partial charge >= 0.3 is 0 Å². The molecule has 10 aromatic rings. The Morgan fingerprint density at radius 3 is 1.75 bits per heavy atom. The molecule has 0 unspecified atom stereocenters. The number of furan rings is 1. The van der Waals surface area contributed by atoms with Gasteiger partial charge in [0.2, 0.25) is 0 Å². The van der Waals surface area contributed by atoms with E-state index in [4.69, 9.17) is 4.42 Å². The molecule has 1 heterocycles. The fourth-order valence-electron chi connectivity index (χ4n) is 7.65. The first-order valence-corrected chi connectivity index (χ1v) is 16.4. The lowest BCUT2D eigenvalue weighted by molar-refractivity contribution is 0.669. The van der Waals surface area contributed by atoms with Crippen LogP contribution in [-0.4, -0.2) is 0 Å². The molecule has 0 aliphatic carbocycles. The van der Waals surface area contributed by atoms with Gasteiger partial charge in [0, 0.05) is 33.5 Å². The molecule has 0 atom stereocenters. The predicted octanol–water partition coefficient (Wildman–Crippen LogP) is 13.3. The average Bonchev–Trinajstić information content (AvgIpc) is 3.54. The van der Waals surface area contributed by atoms with Crippen molar-refractivity contribution in [1.29, 1.82) is 0 Å². The fraction of sp³-hybridized carbons (Fsp3) is 0. The van der Waals surface area contributed by atoms with E-state index in [-0.39, 0.29) is 0 Å². The quantitative estimate of drug-likeness (QED) is 0.184. The Hall–Kier alpha value is -6.38. The van der Waals surface area contributed by atoms with E-state index < -0.39 is 0 Å². The van der Waals surface area contributed by atoms with Crippen molar-refractivity contribution in [2.24, 2.45) is 0 Å². The highest BCUT2D eigenvalue weighted by molar-refractivity contribution is 6.25. The number of fused-ring (bicyclic) bond motifs is 10. The molecule has 9 aromatic carbocycles. The molecule has 0 saturated heterocycles. The van der Waals surface area contributed by atoms with E-state index in [1.54, 1.807) is 0 Å². The number of anilines is 3. The van der Waals surface area contributed by atoms with E-state index in [1.807, 2.05) is 0 Å². The lowest BCUT2D eigenvalue weighted by atomic mass is 9.94. The molecule has 1 aromatic heterocycles. The first-order valence-electron chi connectivity index (χ1n) is 16.4. The predicted molar refractivity (Wildman–Crippen MR) is 204 cm³/mol. The maximum absolute atomic E-state index is 6.63. The Morgan fingerprint density at radius 2 is 0.958 bits per heavy atom. The highest BCUT2D eigenvalue weighted by Gasteiger charge is 2.22. The second-order valence-electron chi connectivity index (χ2n) is 12.5. The Kier molecular flexibility index (Phi) is 5.91. The molecule has 2 nitrogen and oxygen atoms in total. The summed E-state index contributed by atoms with van der Waals surface area (Å²) in [5, 5.41) is 12.1. The minimum atomic E-state index is 0.872. The molecule has 0 spiro atoms. The van der Waals surface area contributed by atoms with Crippen LogP contribution in [0, 0.1) is 0 Å². The Morgan fingerprint density at radius 1 is 0.354 bits per heavy atom. The summed E-state index contributed by atoms with van der Waals surface area (Å²) in [6, 6.07) is 63.3. The van der Waals surface area contributed by atoms with Gasteiger partial charge in [-0.05, 0) is 73.6 Å². The van der Waals surface area contributed by atoms with Crippen LogP contribution in [0.1, 0.15) is 0 Å². The molecule has 0 radical (unpaired) electrons. The highest BCUT2D eigenvalue weighted by atomic mass is 16.3. The van der Waals surface area contributed by atoms with E-state index in [1.165, 1.54) is 48.7 Å². The number of para-hydroxylation sites is 1. The van der Waals surface area contributed by atoms with Crippen LogP contribution in [0.3, 0.4) is 0 Å². The van der Waals surface area contributed by atoms with E-state index in [9.17, 15) is 0 Å². The van der Waals surface area contributed by atoms with E-state index in [2.05, 4.69) is 181 Å². The monoisotopic (exact) mass is 611 g/mol. The van der Waals surface area contributed by atoms with Crippen molar-refractivity contribution < 1.29 is 4.42 Å². The van der Waals surface area contributed by atoms with Crippen molar-refractivity contribution in [2.45, 2.75) is 0 Å². The summed E-state index contributed by atoms with van der Waals surface area (Å²) in [5.74, 6) is 0. The highest BCUT2D eigenvalue weighted by Crippen LogP contribution is 2.47. The third-order valence-electron chi connectivity index (χ3n) is 9.80. The van der Waals surface area contributed by atoms with Gasteiger partial charge in [-0.1, -0.05) is 140 Å². The number of hydrogen-bond donors (Lipinski definition) is 0. The summed E-state index contributed by atoms with van der Waals surface area (Å²) in [4.78, 5) is 2.43. The van der Waals surface area contributed by atoms with Crippen LogP contribution in [0.5, 0.6) is 0 Å². The van der Waals surface area contributed by atoms with Gasteiger partial charge in [-0.15, -0.1) is 0 Å². The zero-order chi connectivity index (χ0) is 31.6. The standard InChI is InChI=1S/C46H29NO/c1-2-12-30(13-3-1)35-17-10-11-21-41(35)47(34-24-26-40-44(29-34)48-43-27-23-32-15-5-8-19-37(32)46(40)43)42-28-33-16-6-9-20-38(33)45-36-18-7-4-14-31(36)22-25-39(42)45/h1-29H. The van der Waals surface area contributed by atoms with E-state index >= 15 is 0 Å². The zero-order valence-corrected chi connectivity index (χ0v) is 26.1. The van der Waals surface area contributed by atoms with Crippen LogP contribution in [-0.2, 0) is 0 Å². The molecule has 0 aliphatic heterocycles. The summed E-state index contributed by atoms with van der Waals surface area (Å²) >= 11 is 0. The van der Waals surface area contributed by atoms with Crippen LogP contribution in [0.15, 0.2) is 180 Å². The van der Waals surface area contributed by atoms with Crippen LogP contribution >= 0.6 is 0 Å². The molecule has 0 saturated carbocycles. The van der Waals surface area contributed by atoms with Crippen molar-refractivity contribution >= 4 is 82.1 Å². The number of benzene rings is 9. The maximum atomic E-state index is 6.63. The van der Waals surface area contributed by atoms with Crippen molar-refractivity contribution in [3.63, 3.8) is 0 Å². The van der Waals surface area contributed by atoms with Gasteiger partial charge in [0.1, 0.15) is 11.2 Å². The Labute approximate surface area is 277 Å². The summed E-state index contributed by atoms with van der Waals surface area (Å²) in [5.41, 5.74) is 7.38. The molecular weight excluding hydrogens is 583 g/mol. The smallest absolute Gasteiger partial charge is 0.137 e. The minimum absolute atomic E-state index is 0.872. The first kappa shape index (κ1) is 26.8. The second-order valence-corrected chi connectivity index (χ2v) is 12.5. The van der Waals surface area contributed by atoms with Gasteiger partial charge in [0.15, 0.2) is 0 Å². The molecule has 0 N–H and O–H groups in total. The third-order valence-corrected chi connectivity index (χ3v) is 9.80. The summed E-state index contributed by atoms with van der Waals surface area (Å²) < 4.78 is 6.63. The zero-order valence-electron chi connectivity index (χ0n) is 26.1.